The molecule has 30 heavy (non-hydrogen) atoms. The summed E-state index contributed by atoms with van der Waals surface area (Å²) in [7, 11) is 1.34. The molecule has 0 unspecified atom stereocenters. The Hall–Kier alpha value is -2.35. The fourth-order valence-electron chi connectivity index (χ4n) is 5.20. The first kappa shape index (κ1) is 20.9. The summed E-state index contributed by atoms with van der Waals surface area (Å²) in [6, 6.07) is 8.00. The molecule has 2 amide bonds. The Morgan fingerprint density at radius 2 is 1.93 bits per heavy atom. The Bertz CT molecular complexity index is 915. The molecular weight excluding hydrogens is 402 g/mol. The molecule has 3 aliphatic rings. The second-order valence-electron chi connectivity index (χ2n) is 8.03. The van der Waals surface area contributed by atoms with E-state index in [9.17, 15) is 14.4 Å². The highest BCUT2D eigenvalue weighted by molar-refractivity contribution is 8.13. The zero-order valence-electron chi connectivity index (χ0n) is 17.8. The summed E-state index contributed by atoms with van der Waals surface area (Å²) < 4.78 is 5.19. The highest BCUT2D eigenvalue weighted by Gasteiger charge is 2.73. The number of aliphatic imine (C=N–C) groups is 1. The number of thioether (sulfide) groups is 1. The average molecular weight is 430 g/mol. The van der Waals surface area contributed by atoms with Crippen molar-refractivity contribution in [1.82, 2.24) is 9.80 Å². The van der Waals surface area contributed by atoms with Crippen molar-refractivity contribution in [2.45, 2.75) is 44.5 Å². The van der Waals surface area contributed by atoms with Gasteiger partial charge in [0.15, 0.2) is 10.7 Å². The number of ether oxygens (including phenoxy) is 1. The highest BCUT2D eigenvalue weighted by atomic mass is 32.2. The summed E-state index contributed by atoms with van der Waals surface area (Å²) in [4.78, 5) is 47.3. The molecular formula is C22H27N3O4S. The predicted octanol–water partition coefficient (Wildman–Crippen LogP) is 2.22. The minimum atomic E-state index is -1.20. The number of amidine groups is 1. The maximum Gasteiger partial charge on any atom is 0.332 e. The molecule has 2 fully saturated rings. The van der Waals surface area contributed by atoms with Gasteiger partial charge in [-0.3, -0.25) is 19.5 Å². The number of likely N-dealkylation sites (tertiary alicyclic amines) is 1. The Morgan fingerprint density at radius 3 is 2.53 bits per heavy atom. The topological polar surface area (TPSA) is 79.3 Å². The van der Waals surface area contributed by atoms with E-state index in [0.717, 1.165) is 5.56 Å². The summed E-state index contributed by atoms with van der Waals surface area (Å²) in [6.45, 7) is 6.43. The van der Waals surface area contributed by atoms with E-state index in [1.165, 1.54) is 17.6 Å². The first-order chi connectivity index (χ1) is 14.4. The molecule has 0 aromatic heterocycles. The molecule has 1 aromatic carbocycles. The summed E-state index contributed by atoms with van der Waals surface area (Å²) in [5, 5.41) is 0.714. The van der Waals surface area contributed by atoms with Crippen LogP contribution in [0.15, 0.2) is 29.3 Å². The zero-order chi connectivity index (χ0) is 21.6. The second kappa shape index (κ2) is 7.72. The number of hydrogen-bond donors (Lipinski definition) is 0. The van der Waals surface area contributed by atoms with Gasteiger partial charge in [0.1, 0.15) is 0 Å². The number of rotatable bonds is 5. The molecule has 3 heterocycles. The third-order valence-electron chi connectivity index (χ3n) is 6.64. The SMILES string of the molecule is CCN1C(=O)[C@H]2[C@H]3CN=C(SCc4ccc(C)cc4)N3[C@@](CC)(C(=O)OC)[C@H]2C1=O. The number of benzene rings is 1. The molecule has 0 radical (unpaired) electrons. The van der Waals surface area contributed by atoms with E-state index in [4.69, 9.17) is 9.73 Å². The van der Waals surface area contributed by atoms with E-state index in [1.807, 2.05) is 18.7 Å². The van der Waals surface area contributed by atoms with Crippen molar-refractivity contribution in [2.24, 2.45) is 16.8 Å². The molecule has 4 rings (SSSR count). The van der Waals surface area contributed by atoms with Gasteiger partial charge in [0, 0.05) is 12.3 Å². The normalized spacial score (nSPS) is 29.9. The third-order valence-corrected chi connectivity index (χ3v) is 7.70. The molecule has 0 aliphatic carbocycles. The number of fused-ring (bicyclic) bond motifs is 3. The van der Waals surface area contributed by atoms with E-state index in [2.05, 4.69) is 24.3 Å². The van der Waals surface area contributed by atoms with Crippen molar-refractivity contribution >= 4 is 34.7 Å². The lowest BCUT2D eigenvalue weighted by atomic mass is 9.78. The fraction of sp³-hybridized carbons (Fsp3) is 0.545. The van der Waals surface area contributed by atoms with Gasteiger partial charge in [-0.1, -0.05) is 48.5 Å². The summed E-state index contributed by atoms with van der Waals surface area (Å²) >= 11 is 1.54. The lowest BCUT2D eigenvalue weighted by molar-refractivity contribution is -0.158. The smallest absolute Gasteiger partial charge is 0.332 e. The molecule has 8 heteroatoms. The number of nitrogens with zero attached hydrogens (tertiary/aromatic N) is 3. The monoisotopic (exact) mass is 429 g/mol. The maximum atomic E-state index is 13.2. The number of hydrogen-bond acceptors (Lipinski definition) is 7. The largest absolute Gasteiger partial charge is 0.467 e. The van der Waals surface area contributed by atoms with E-state index in [0.29, 0.717) is 30.4 Å². The quantitative estimate of drug-likeness (QED) is 0.528. The third kappa shape index (κ3) is 2.80. The molecule has 0 N–H and O–H groups in total. The Labute approximate surface area is 180 Å². The van der Waals surface area contributed by atoms with Crippen molar-refractivity contribution in [3.63, 3.8) is 0 Å². The van der Waals surface area contributed by atoms with Gasteiger partial charge in [-0.15, -0.1) is 0 Å². The molecule has 0 saturated carbocycles. The maximum absolute atomic E-state index is 13.2. The summed E-state index contributed by atoms with van der Waals surface area (Å²) in [5.74, 6) is -1.51. The van der Waals surface area contributed by atoms with Crippen LogP contribution < -0.4 is 0 Å². The first-order valence-corrected chi connectivity index (χ1v) is 11.3. The second-order valence-corrected chi connectivity index (χ2v) is 8.97. The Balaban J connectivity index is 1.69. The van der Waals surface area contributed by atoms with Gasteiger partial charge in [-0.2, -0.15) is 0 Å². The van der Waals surface area contributed by atoms with Gasteiger partial charge in [0.25, 0.3) is 0 Å². The molecule has 3 aliphatic heterocycles. The van der Waals surface area contributed by atoms with Crippen molar-refractivity contribution in [3.8, 4) is 0 Å². The van der Waals surface area contributed by atoms with Crippen molar-refractivity contribution in [1.29, 1.82) is 0 Å². The van der Waals surface area contributed by atoms with Gasteiger partial charge in [-0.05, 0) is 25.8 Å². The summed E-state index contributed by atoms with van der Waals surface area (Å²) in [6.07, 6.45) is 0.373. The number of esters is 1. The van der Waals surface area contributed by atoms with Crippen LogP contribution in [0.4, 0.5) is 0 Å². The van der Waals surface area contributed by atoms with Crippen LogP contribution in [0, 0.1) is 18.8 Å². The molecule has 0 bridgehead atoms. The fourth-order valence-corrected chi connectivity index (χ4v) is 6.29. The van der Waals surface area contributed by atoms with Crippen LogP contribution in [0.1, 0.15) is 31.4 Å². The van der Waals surface area contributed by atoms with Gasteiger partial charge in [0.2, 0.25) is 11.8 Å². The van der Waals surface area contributed by atoms with Gasteiger partial charge >= 0.3 is 5.97 Å². The van der Waals surface area contributed by atoms with Crippen LogP contribution in [0.5, 0.6) is 0 Å². The number of aryl methyl sites for hydroxylation is 1. The number of carbonyl (C=O) groups is 3. The zero-order valence-corrected chi connectivity index (χ0v) is 18.6. The van der Waals surface area contributed by atoms with Gasteiger partial charge < -0.3 is 9.64 Å². The van der Waals surface area contributed by atoms with Crippen molar-refractivity contribution in [3.05, 3.63) is 35.4 Å². The number of imide groups is 1. The summed E-state index contributed by atoms with van der Waals surface area (Å²) in [5.41, 5.74) is 1.15. The van der Waals surface area contributed by atoms with E-state index >= 15 is 0 Å². The van der Waals surface area contributed by atoms with Gasteiger partial charge in [-0.25, -0.2) is 4.79 Å². The number of carbonyl (C=O) groups excluding carboxylic acids is 3. The minimum Gasteiger partial charge on any atom is -0.467 e. The first-order valence-electron chi connectivity index (χ1n) is 10.4. The van der Waals surface area contributed by atoms with E-state index in [-0.39, 0.29) is 17.9 Å². The lowest BCUT2D eigenvalue weighted by Gasteiger charge is -2.39. The van der Waals surface area contributed by atoms with Crippen LogP contribution in [-0.2, 0) is 24.9 Å². The Morgan fingerprint density at radius 1 is 1.23 bits per heavy atom. The van der Waals surface area contributed by atoms with Gasteiger partial charge in [0.05, 0.1) is 31.5 Å². The van der Waals surface area contributed by atoms with E-state index in [1.54, 1.807) is 18.7 Å². The van der Waals surface area contributed by atoms with Crippen LogP contribution in [-0.4, -0.2) is 64.5 Å². The molecule has 1 aromatic rings. The van der Waals surface area contributed by atoms with Crippen LogP contribution in [0.3, 0.4) is 0 Å². The van der Waals surface area contributed by atoms with Crippen LogP contribution >= 0.6 is 11.8 Å². The van der Waals surface area contributed by atoms with E-state index < -0.39 is 23.3 Å². The minimum absolute atomic E-state index is 0.193. The predicted molar refractivity (Wildman–Crippen MR) is 115 cm³/mol. The molecule has 0 spiro atoms. The molecule has 7 nitrogen and oxygen atoms in total. The average Bonchev–Trinajstić information content (AvgIpc) is 3.36. The van der Waals surface area contributed by atoms with Crippen molar-refractivity contribution < 1.29 is 19.1 Å². The Kier molecular flexibility index (Phi) is 5.38. The van der Waals surface area contributed by atoms with Crippen LogP contribution in [0.25, 0.3) is 0 Å². The molecule has 2 saturated heterocycles. The molecule has 4 atom stereocenters. The highest BCUT2D eigenvalue weighted by Crippen LogP contribution is 2.53. The number of amides is 2. The molecule has 160 valence electrons. The standard InChI is InChI=1S/C22H27N3O4S/c1-5-22(20(28)29-4)17-16(18(26)24(6-2)19(17)27)15-11-23-21(25(15)22)30-12-14-9-7-13(3)8-10-14/h7-10,15-17H,5-6,11-12H2,1-4H3/t15-,16+,17-,22-/m1/s1. The van der Waals surface area contributed by atoms with Crippen LogP contribution in [0.2, 0.25) is 0 Å². The van der Waals surface area contributed by atoms with Crippen molar-refractivity contribution in [2.75, 3.05) is 20.2 Å². The number of methoxy groups -OCH3 is 1. The lowest BCUT2D eigenvalue weighted by Crippen LogP contribution is -2.59.